The molecule has 20 heavy (non-hydrogen) atoms. The second kappa shape index (κ2) is 5.54. The third kappa shape index (κ3) is 3.27. The molecule has 1 aliphatic rings. The van der Waals surface area contributed by atoms with Crippen molar-refractivity contribution in [1.29, 1.82) is 0 Å². The van der Waals surface area contributed by atoms with Crippen molar-refractivity contribution >= 4 is 25.8 Å². The van der Waals surface area contributed by atoms with Crippen molar-refractivity contribution in [2.45, 2.75) is 25.1 Å². The molecule has 0 amide bonds. The molecule has 1 aliphatic heterocycles. The van der Waals surface area contributed by atoms with Gasteiger partial charge >= 0.3 is 0 Å². The number of halogens is 1. The van der Waals surface area contributed by atoms with E-state index in [1.165, 1.54) is 6.26 Å². The van der Waals surface area contributed by atoms with Crippen molar-refractivity contribution in [3.63, 3.8) is 0 Å². The summed E-state index contributed by atoms with van der Waals surface area (Å²) in [6, 6.07) is 3.76. The lowest BCUT2D eigenvalue weighted by atomic mass is 10.1. The molecule has 112 valence electrons. The number of hydrogen-bond donors (Lipinski definition) is 1. The first-order valence-electron chi connectivity index (χ1n) is 6.19. The number of benzene rings is 1. The average molecular weight is 364 g/mol. The third-order valence-electron chi connectivity index (χ3n) is 3.41. The van der Waals surface area contributed by atoms with Crippen molar-refractivity contribution in [2.24, 2.45) is 0 Å². The van der Waals surface area contributed by atoms with Crippen LogP contribution in [0, 0.1) is 0 Å². The maximum atomic E-state index is 11.6. The molecule has 1 heterocycles. The number of nitrogens with one attached hydrogen (secondary N) is 1. The van der Waals surface area contributed by atoms with Gasteiger partial charge in [0.15, 0.2) is 21.3 Å². The maximum absolute atomic E-state index is 11.6. The van der Waals surface area contributed by atoms with Gasteiger partial charge in [0.05, 0.1) is 4.75 Å². The molecule has 0 bridgehead atoms. The lowest BCUT2D eigenvalue weighted by molar-refractivity contribution is 0.174. The summed E-state index contributed by atoms with van der Waals surface area (Å²) in [6.45, 7) is 4.59. The van der Waals surface area contributed by atoms with E-state index in [9.17, 15) is 8.42 Å². The number of fused-ring (bicyclic) bond motifs is 1. The second-order valence-corrected chi connectivity index (χ2v) is 8.94. The highest BCUT2D eigenvalue weighted by Crippen LogP contribution is 2.36. The van der Waals surface area contributed by atoms with E-state index in [1.54, 1.807) is 13.8 Å². The summed E-state index contributed by atoms with van der Waals surface area (Å²) >= 11 is 3.48. The molecule has 1 aromatic rings. The SMILES string of the molecule is CC(C)(CNCc1cc2c(cc1Br)OCO2)S(C)(=O)=O. The van der Waals surface area contributed by atoms with E-state index in [-0.39, 0.29) is 6.79 Å². The highest BCUT2D eigenvalue weighted by atomic mass is 79.9. The van der Waals surface area contributed by atoms with E-state index in [0.29, 0.717) is 18.8 Å². The zero-order valence-electron chi connectivity index (χ0n) is 11.7. The highest BCUT2D eigenvalue weighted by Gasteiger charge is 2.29. The van der Waals surface area contributed by atoms with Gasteiger partial charge in [-0.25, -0.2) is 8.42 Å². The van der Waals surface area contributed by atoms with Gasteiger partial charge in [0.2, 0.25) is 6.79 Å². The van der Waals surface area contributed by atoms with Crippen LogP contribution in [0.2, 0.25) is 0 Å². The minimum Gasteiger partial charge on any atom is -0.454 e. The van der Waals surface area contributed by atoms with Gasteiger partial charge in [-0.2, -0.15) is 0 Å². The number of rotatable bonds is 5. The lowest BCUT2D eigenvalue weighted by Gasteiger charge is -2.23. The van der Waals surface area contributed by atoms with Gasteiger partial charge in [-0.15, -0.1) is 0 Å². The zero-order valence-corrected chi connectivity index (χ0v) is 14.1. The second-order valence-electron chi connectivity index (χ2n) is 5.43. The Kier molecular flexibility index (Phi) is 4.32. The predicted octanol–water partition coefficient (Wildman–Crippen LogP) is 2.09. The number of sulfone groups is 1. The van der Waals surface area contributed by atoms with Gasteiger partial charge in [0, 0.05) is 23.8 Å². The first-order chi connectivity index (χ1) is 9.21. The van der Waals surface area contributed by atoms with E-state index in [1.807, 2.05) is 12.1 Å². The fourth-order valence-electron chi connectivity index (χ4n) is 1.72. The van der Waals surface area contributed by atoms with Gasteiger partial charge < -0.3 is 14.8 Å². The summed E-state index contributed by atoms with van der Waals surface area (Å²) in [4.78, 5) is 0. The smallest absolute Gasteiger partial charge is 0.231 e. The maximum Gasteiger partial charge on any atom is 0.231 e. The van der Waals surface area contributed by atoms with Crippen molar-refractivity contribution in [1.82, 2.24) is 5.32 Å². The van der Waals surface area contributed by atoms with Crippen LogP contribution in [0.15, 0.2) is 16.6 Å². The Morgan fingerprint density at radius 1 is 1.30 bits per heavy atom. The molecule has 0 fully saturated rings. The first-order valence-corrected chi connectivity index (χ1v) is 8.87. The molecular weight excluding hydrogens is 346 g/mol. The van der Waals surface area contributed by atoms with Crippen LogP contribution in [0.3, 0.4) is 0 Å². The minimum absolute atomic E-state index is 0.236. The molecule has 0 atom stereocenters. The van der Waals surface area contributed by atoms with Gasteiger partial charge in [0.25, 0.3) is 0 Å². The minimum atomic E-state index is -3.10. The summed E-state index contributed by atoms with van der Waals surface area (Å²) in [7, 11) is -3.10. The Bertz CT molecular complexity index is 613. The lowest BCUT2D eigenvalue weighted by Crippen LogP contribution is -2.41. The molecule has 1 N–H and O–H groups in total. The topological polar surface area (TPSA) is 64.6 Å². The van der Waals surface area contributed by atoms with Gasteiger partial charge in [0.1, 0.15) is 0 Å². The van der Waals surface area contributed by atoms with Crippen LogP contribution in [-0.2, 0) is 16.4 Å². The van der Waals surface area contributed by atoms with Crippen LogP contribution in [-0.4, -0.2) is 32.8 Å². The Hall–Kier alpha value is -0.790. The Labute approximate surface area is 127 Å². The van der Waals surface area contributed by atoms with Crippen LogP contribution < -0.4 is 14.8 Å². The highest BCUT2D eigenvalue weighted by molar-refractivity contribution is 9.10. The van der Waals surface area contributed by atoms with Gasteiger partial charge in [-0.3, -0.25) is 0 Å². The molecule has 2 rings (SSSR count). The van der Waals surface area contributed by atoms with Crippen LogP contribution in [0.1, 0.15) is 19.4 Å². The first kappa shape index (κ1) is 15.6. The Balaban J connectivity index is 2.02. The van der Waals surface area contributed by atoms with E-state index in [0.717, 1.165) is 15.8 Å². The van der Waals surface area contributed by atoms with Crippen molar-refractivity contribution < 1.29 is 17.9 Å². The molecule has 1 aromatic carbocycles. The Morgan fingerprint density at radius 2 is 1.90 bits per heavy atom. The number of hydrogen-bond acceptors (Lipinski definition) is 5. The molecule has 0 unspecified atom stereocenters. The molecular formula is C13H18BrNO4S. The molecule has 5 nitrogen and oxygen atoms in total. The monoisotopic (exact) mass is 363 g/mol. The standard InChI is InChI=1S/C13H18BrNO4S/c1-13(2,20(3,16)17)7-15-6-9-4-11-12(5-10(9)14)19-8-18-11/h4-5,15H,6-8H2,1-3H3. The average Bonchev–Trinajstić information content (AvgIpc) is 2.74. The largest absolute Gasteiger partial charge is 0.454 e. The molecule has 0 aromatic heterocycles. The van der Waals surface area contributed by atoms with E-state index < -0.39 is 14.6 Å². The normalized spacial score (nSPS) is 14.6. The van der Waals surface area contributed by atoms with Gasteiger partial charge in [-0.05, 0) is 31.5 Å². The predicted molar refractivity (Wildman–Crippen MR) is 80.9 cm³/mol. The summed E-state index contributed by atoms with van der Waals surface area (Å²) < 4.78 is 34.0. The molecule has 0 saturated heterocycles. The van der Waals surface area contributed by atoms with Crippen molar-refractivity contribution in [3.8, 4) is 11.5 Å². The third-order valence-corrected chi connectivity index (χ3v) is 6.30. The Morgan fingerprint density at radius 3 is 2.50 bits per heavy atom. The van der Waals surface area contributed by atoms with Crippen LogP contribution in [0.5, 0.6) is 11.5 Å². The van der Waals surface area contributed by atoms with Gasteiger partial charge in [-0.1, -0.05) is 15.9 Å². The molecule has 0 saturated carbocycles. The van der Waals surface area contributed by atoms with E-state index in [2.05, 4.69) is 21.2 Å². The molecule has 0 radical (unpaired) electrons. The van der Waals surface area contributed by atoms with E-state index >= 15 is 0 Å². The molecule has 0 aliphatic carbocycles. The summed E-state index contributed by atoms with van der Waals surface area (Å²) in [5, 5.41) is 3.17. The number of ether oxygens (including phenoxy) is 2. The summed E-state index contributed by atoms with van der Waals surface area (Å²) in [6.07, 6.45) is 1.26. The summed E-state index contributed by atoms with van der Waals surface area (Å²) in [5.74, 6) is 1.43. The molecule has 0 spiro atoms. The summed E-state index contributed by atoms with van der Waals surface area (Å²) in [5.41, 5.74) is 0.999. The fraction of sp³-hybridized carbons (Fsp3) is 0.538. The van der Waals surface area contributed by atoms with E-state index in [4.69, 9.17) is 9.47 Å². The zero-order chi connectivity index (χ0) is 15.0. The van der Waals surface area contributed by atoms with Crippen LogP contribution in [0.4, 0.5) is 0 Å². The van der Waals surface area contributed by atoms with Crippen LogP contribution in [0.25, 0.3) is 0 Å². The van der Waals surface area contributed by atoms with Crippen molar-refractivity contribution in [2.75, 3.05) is 19.6 Å². The fourth-order valence-corrected chi connectivity index (χ4v) is 2.55. The molecule has 7 heteroatoms. The van der Waals surface area contributed by atoms with Crippen LogP contribution >= 0.6 is 15.9 Å². The quantitative estimate of drug-likeness (QED) is 0.867. The van der Waals surface area contributed by atoms with Crippen molar-refractivity contribution in [3.05, 3.63) is 22.2 Å².